The Kier molecular flexibility index (Phi) is 5.04. The number of carbonyl (C=O) groups is 1. The zero-order valence-corrected chi connectivity index (χ0v) is 16.2. The number of hydrogen-bond acceptors (Lipinski definition) is 5. The van der Waals surface area contributed by atoms with Crippen molar-refractivity contribution >= 4 is 45.4 Å². The van der Waals surface area contributed by atoms with E-state index in [1.807, 2.05) is 30.3 Å². The van der Waals surface area contributed by atoms with Crippen molar-refractivity contribution in [2.24, 2.45) is 4.99 Å². The van der Waals surface area contributed by atoms with Crippen LogP contribution in [0.4, 0.5) is 5.69 Å². The Labute approximate surface area is 167 Å². The molecule has 1 amide bonds. The lowest BCUT2D eigenvalue weighted by Gasteiger charge is -2.07. The molecule has 1 aliphatic rings. The van der Waals surface area contributed by atoms with Gasteiger partial charge in [-0.2, -0.15) is 0 Å². The number of carbonyl (C=O) groups excluding carboxylic acids is 1. The first kappa shape index (κ1) is 18.1. The molecule has 1 aliphatic heterocycles. The molecule has 140 valence electrons. The van der Waals surface area contributed by atoms with Crippen molar-refractivity contribution < 1.29 is 14.3 Å². The average molecular weight is 390 g/mol. The van der Waals surface area contributed by atoms with Gasteiger partial charge in [0.1, 0.15) is 17.2 Å². The number of nitrogens with zero attached hydrogens (tertiary/aromatic N) is 1. The first-order valence-corrected chi connectivity index (χ1v) is 9.49. The first-order chi connectivity index (χ1) is 13.7. The highest BCUT2D eigenvalue weighted by molar-refractivity contribution is 8.18. The van der Waals surface area contributed by atoms with E-state index >= 15 is 0 Å². The molecule has 1 N–H and O–H groups in total. The van der Waals surface area contributed by atoms with Crippen LogP contribution in [0.5, 0.6) is 11.5 Å². The molecule has 3 aromatic carbocycles. The number of aliphatic imine (C=N–C) groups is 1. The molecule has 1 heterocycles. The topological polar surface area (TPSA) is 59.9 Å². The van der Waals surface area contributed by atoms with Crippen LogP contribution in [0.15, 0.2) is 70.6 Å². The summed E-state index contributed by atoms with van der Waals surface area (Å²) in [4.78, 5) is 17.6. The summed E-state index contributed by atoms with van der Waals surface area (Å²) in [6.45, 7) is 0. The molecule has 0 saturated carbocycles. The molecule has 0 bridgehead atoms. The minimum Gasteiger partial charge on any atom is -0.497 e. The molecule has 0 aliphatic carbocycles. The van der Waals surface area contributed by atoms with Gasteiger partial charge in [-0.15, -0.1) is 0 Å². The summed E-state index contributed by atoms with van der Waals surface area (Å²) in [5.41, 5.74) is 1.62. The number of hydrogen-bond donors (Lipinski definition) is 1. The molecule has 3 aromatic rings. The van der Waals surface area contributed by atoms with Crippen LogP contribution in [-0.2, 0) is 4.79 Å². The highest BCUT2D eigenvalue weighted by Crippen LogP contribution is 2.35. The molecule has 6 heteroatoms. The van der Waals surface area contributed by atoms with Gasteiger partial charge < -0.3 is 14.8 Å². The Bertz CT molecular complexity index is 1120. The molecule has 0 unspecified atom stereocenters. The van der Waals surface area contributed by atoms with Gasteiger partial charge in [-0.1, -0.05) is 42.5 Å². The van der Waals surface area contributed by atoms with E-state index < -0.39 is 0 Å². The number of nitrogens with one attached hydrogen (secondary N) is 1. The summed E-state index contributed by atoms with van der Waals surface area (Å²) in [5, 5.41) is 5.57. The van der Waals surface area contributed by atoms with Crippen LogP contribution in [0.25, 0.3) is 16.8 Å². The maximum atomic E-state index is 12.4. The fourth-order valence-electron chi connectivity index (χ4n) is 2.98. The summed E-state index contributed by atoms with van der Waals surface area (Å²) in [6, 6.07) is 19.5. The number of thioether (sulfide) groups is 1. The molecular weight excluding hydrogens is 372 g/mol. The Morgan fingerprint density at radius 2 is 1.82 bits per heavy atom. The van der Waals surface area contributed by atoms with Crippen LogP contribution in [0, 0.1) is 0 Å². The first-order valence-electron chi connectivity index (χ1n) is 8.67. The minimum absolute atomic E-state index is 0.163. The summed E-state index contributed by atoms with van der Waals surface area (Å²) in [5.74, 6) is 1.10. The fourth-order valence-corrected chi connectivity index (χ4v) is 3.81. The molecule has 28 heavy (non-hydrogen) atoms. The molecule has 4 rings (SSSR count). The van der Waals surface area contributed by atoms with Crippen molar-refractivity contribution in [3.8, 4) is 11.5 Å². The summed E-state index contributed by atoms with van der Waals surface area (Å²) >= 11 is 1.31. The molecular formula is C22H18N2O3S. The van der Waals surface area contributed by atoms with Crippen molar-refractivity contribution in [3.05, 3.63) is 71.1 Å². The molecule has 0 spiro atoms. The molecule has 0 atom stereocenters. The van der Waals surface area contributed by atoms with E-state index in [-0.39, 0.29) is 5.91 Å². The van der Waals surface area contributed by atoms with E-state index in [1.165, 1.54) is 11.8 Å². The molecule has 5 nitrogen and oxygen atoms in total. The number of rotatable bonds is 4. The summed E-state index contributed by atoms with van der Waals surface area (Å²) < 4.78 is 10.6. The lowest BCUT2D eigenvalue weighted by molar-refractivity contribution is -0.115. The Morgan fingerprint density at radius 1 is 1.00 bits per heavy atom. The molecule has 1 saturated heterocycles. The summed E-state index contributed by atoms with van der Waals surface area (Å²) in [6.07, 6.45) is 1.90. The highest BCUT2D eigenvalue weighted by Gasteiger charge is 2.24. The normalized spacial score (nSPS) is 16.6. The Balaban J connectivity index is 1.66. The smallest absolute Gasteiger partial charge is 0.264 e. The van der Waals surface area contributed by atoms with E-state index in [0.717, 1.165) is 16.3 Å². The van der Waals surface area contributed by atoms with Crippen LogP contribution in [0.2, 0.25) is 0 Å². The van der Waals surface area contributed by atoms with Crippen LogP contribution in [0.3, 0.4) is 0 Å². The summed E-state index contributed by atoms with van der Waals surface area (Å²) in [7, 11) is 3.17. The van der Waals surface area contributed by atoms with E-state index in [0.29, 0.717) is 27.3 Å². The second kappa shape index (κ2) is 7.78. The van der Waals surface area contributed by atoms with Gasteiger partial charge >= 0.3 is 0 Å². The van der Waals surface area contributed by atoms with Crippen molar-refractivity contribution in [2.45, 2.75) is 0 Å². The molecule has 0 radical (unpaired) electrons. The lowest BCUT2D eigenvalue weighted by Crippen LogP contribution is -2.19. The van der Waals surface area contributed by atoms with Gasteiger partial charge in [0, 0.05) is 6.07 Å². The molecule has 1 fully saturated rings. The van der Waals surface area contributed by atoms with Crippen LogP contribution < -0.4 is 14.8 Å². The van der Waals surface area contributed by atoms with Crippen molar-refractivity contribution in [1.29, 1.82) is 0 Å². The van der Waals surface area contributed by atoms with Crippen molar-refractivity contribution in [2.75, 3.05) is 14.2 Å². The third kappa shape index (κ3) is 3.59. The van der Waals surface area contributed by atoms with Crippen LogP contribution in [0.1, 0.15) is 5.56 Å². The minimum atomic E-state index is -0.163. The third-order valence-corrected chi connectivity index (χ3v) is 5.28. The number of amides is 1. The maximum Gasteiger partial charge on any atom is 0.264 e. The second-order valence-electron chi connectivity index (χ2n) is 6.09. The third-order valence-electron chi connectivity index (χ3n) is 4.37. The average Bonchev–Trinajstić information content (AvgIpc) is 3.07. The van der Waals surface area contributed by atoms with E-state index in [2.05, 4.69) is 28.5 Å². The van der Waals surface area contributed by atoms with Crippen LogP contribution >= 0.6 is 11.8 Å². The predicted octanol–water partition coefficient (Wildman–Crippen LogP) is 4.75. The lowest BCUT2D eigenvalue weighted by atomic mass is 10.0. The van der Waals surface area contributed by atoms with Crippen molar-refractivity contribution in [3.63, 3.8) is 0 Å². The number of ether oxygens (including phenoxy) is 2. The monoisotopic (exact) mass is 390 g/mol. The van der Waals surface area contributed by atoms with Crippen LogP contribution in [-0.4, -0.2) is 25.3 Å². The fraction of sp³-hybridized carbons (Fsp3) is 0.0909. The number of methoxy groups -OCH3 is 2. The maximum absolute atomic E-state index is 12.4. The number of fused-ring (bicyclic) bond motifs is 1. The Morgan fingerprint density at radius 3 is 2.64 bits per heavy atom. The standard InChI is InChI=1S/C22H18N2O3S/c1-26-16-10-11-18(19(13-16)27-2)23-22-24-21(25)20(28-22)12-15-8-5-7-14-6-3-4-9-17(14)15/h3-13H,1-2H3,(H,23,24,25)/b20-12+. The molecule has 0 aromatic heterocycles. The van der Waals surface area contributed by atoms with Gasteiger partial charge in [-0.3, -0.25) is 4.79 Å². The van der Waals surface area contributed by atoms with Gasteiger partial charge in [0.2, 0.25) is 0 Å². The van der Waals surface area contributed by atoms with E-state index in [1.54, 1.807) is 32.4 Å². The van der Waals surface area contributed by atoms with Gasteiger partial charge in [0.15, 0.2) is 5.17 Å². The van der Waals surface area contributed by atoms with E-state index in [4.69, 9.17) is 9.47 Å². The van der Waals surface area contributed by atoms with Gasteiger partial charge in [-0.25, -0.2) is 4.99 Å². The zero-order valence-electron chi connectivity index (χ0n) is 15.4. The Hall–Kier alpha value is -3.25. The van der Waals surface area contributed by atoms with Crippen molar-refractivity contribution in [1.82, 2.24) is 5.32 Å². The largest absolute Gasteiger partial charge is 0.497 e. The van der Waals surface area contributed by atoms with Gasteiger partial charge in [-0.05, 0) is 46.3 Å². The van der Waals surface area contributed by atoms with E-state index in [9.17, 15) is 4.79 Å². The highest BCUT2D eigenvalue weighted by atomic mass is 32.2. The van der Waals surface area contributed by atoms with Gasteiger partial charge in [0.05, 0.1) is 19.1 Å². The SMILES string of the molecule is COc1ccc(N=C2NC(=O)/C(=C\c3cccc4ccccc34)S2)c(OC)c1. The van der Waals surface area contributed by atoms with Gasteiger partial charge in [0.25, 0.3) is 5.91 Å². The number of amidine groups is 1. The quantitative estimate of drug-likeness (QED) is 0.653. The predicted molar refractivity (Wildman–Crippen MR) is 114 cm³/mol. The zero-order chi connectivity index (χ0) is 19.5. The second-order valence-corrected chi connectivity index (χ2v) is 7.12. The number of benzene rings is 3.